The van der Waals surface area contributed by atoms with E-state index in [1.165, 1.54) is 34.4 Å². The third kappa shape index (κ3) is 16.7. The molecule has 5 heterocycles. The number of para-hydroxylation sites is 1. The van der Waals surface area contributed by atoms with E-state index in [9.17, 15) is 69.0 Å². The molecule has 100 heavy (non-hydrogen) atoms. The molecule has 5 aliphatic rings. The molecule has 9 atom stereocenters. The van der Waals surface area contributed by atoms with Crippen LogP contribution >= 0.6 is 11.3 Å². The van der Waals surface area contributed by atoms with Gasteiger partial charge < -0.3 is 69.4 Å². The summed E-state index contributed by atoms with van der Waals surface area (Å²) in [6.07, 6.45) is 0.165. The van der Waals surface area contributed by atoms with Crippen molar-refractivity contribution in [1.29, 1.82) is 0 Å². The highest BCUT2D eigenvalue weighted by atomic mass is 32.1. The number of fused-ring (bicyclic) bond motifs is 4. The minimum absolute atomic E-state index is 0.0137. The average molecular weight is 1400 g/mol. The summed E-state index contributed by atoms with van der Waals surface area (Å²) in [5, 5.41) is 73.0. The van der Waals surface area contributed by atoms with E-state index >= 15 is 0 Å². The third-order valence-electron chi connectivity index (χ3n) is 19.4. The van der Waals surface area contributed by atoms with E-state index in [4.69, 9.17) is 33.8 Å². The first-order valence-electron chi connectivity index (χ1n) is 33.4. The number of rotatable bonds is 29. The molecule has 0 radical (unpaired) electrons. The van der Waals surface area contributed by atoms with E-state index in [0.29, 0.717) is 65.7 Å². The molecule has 8 N–H and O–H groups in total. The number of hydrogen-bond acceptors (Lipinski definition) is 21. The van der Waals surface area contributed by atoms with Crippen LogP contribution in [0.2, 0.25) is 0 Å². The second-order valence-electron chi connectivity index (χ2n) is 27.4. The zero-order chi connectivity index (χ0) is 71.2. The van der Waals surface area contributed by atoms with E-state index in [-0.39, 0.29) is 105 Å². The molecule has 3 aromatic heterocycles. The smallest absolute Gasteiger partial charge is 0.410 e. The Morgan fingerprint density at radius 2 is 1.61 bits per heavy atom. The highest BCUT2D eigenvalue weighted by molar-refractivity contribution is 7.22. The number of aromatic carboxylic acids is 1. The van der Waals surface area contributed by atoms with Crippen molar-refractivity contribution in [3.63, 3.8) is 0 Å². The molecule has 2 aliphatic heterocycles. The predicted octanol–water partition coefficient (Wildman–Crippen LogP) is 6.63. The number of nitrogens with zero attached hydrogens (tertiary/aromatic N) is 7. The average Bonchev–Trinajstić information content (AvgIpc) is 0.914. The van der Waals surface area contributed by atoms with Crippen LogP contribution in [0, 0.1) is 29.6 Å². The second-order valence-corrected chi connectivity index (χ2v) is 28.4. The van der Waals surface area contributed by atoms with Crippen LogP contribution < -0.4 is 25.0 Å². The highest BCUT2D eigenvalue weighted by Gasteiger charge is 2.56. The number of nitrogens with one attached hydrogen (secondary N) is 2. The molecule has 29 heteroatoms. The Labute approximate surface area is 579 Å². The number of aliphatic carboxylic acids is 2. The van der Waals surface area contributed by atoms with Crippen LogP contribution in [0.5, 0.6) is 11.5 Å². The largest absolute Gasteiger partial charge is 0.491 e. The van der Waals surface area contributed by atoms with Crippen molar-refractivity contribution >= 4 is 80.1 Å². The van der Waals surface area contributed by atoms with Crippen molar-refractivity contribution < 1.29 is 92.7 Å². The SMILES string of the molecule is Cc1c(-c2ccc(N3CCc4cccc(C(=O)Nc5nc6ccccc6s5)c4C3)nc2C(=O)O)cnn1CC1(C)CC2(C)CC(C)CC(OCCN(CCC(=O)O)C(=O)OCc3ccc(O[C@@H]4C[C@H](C(=O)O)[C@@H](O)[C@H](O)[C@H]4O)cc3OCCOCCNC(=O)CCN3C(=O)C=CC3=O)(C2)C1. The standard InChI is InChI=1S/C71H83N9O19S/c1-41-32-69(3)37-70(4,40-80-42(2)49(34-73-80)46-14-15-55(75-60(46)66(92)93)78-22-18-43-8-7-9-47(50(43)35-78)64(89)76-67-74-51-10-5-6-11-54(51)100-67)39-71(33-41,38-69)98-27-25-77(23-20-59(84)85)68(94)97-36-44-12-13-45(99-53-31-48(65(90)91)61(86)63(88)62(53)87)30-52(44)96-29-28-95-26-21-72-56(81)19-24-79-57(82)16-17-58(79)83/h5-17,30,34,41,48,53,61-63,86-88H,18-29,31-33,35-40H2,1-4H3,(H,72,81)(H,84,85)(H,90,91)(H,92,93)(H,74,76,89)/t41?,48-,53+,61+,62-,63-,69?,70?,71?/m0/s1. The van der Waals surface area contributed by atoms with Crippen LogP contribution in [-0.2, 0) is 64.3 Å². The molecule has 4 unspecified atom stereocenters. The summed E-state index contributed by atoms with van der Waals surface area (Å²) in [6, 6.07) is 21.3. The van der Waals surface area contributed by atoms with Crippen molar-refractivity contribution in [3.8, 4) is 22.6 Å². The first kappa shape index (κ1) is 71.9. The van der Waals surface area contributed by atoms with Crippen LogP contribution in [0.3, 0.4) is 0 Å². The molecule has 3 saturated carbocycles. The van der Waals surface area contributed by atoms with Gasteiger partial charge in [0.1, 0.15) is 48.8 Å². The fraction of sp³-hybridized carbons (Fsp3) is 0.479. The molecule has 3 aromatic carbocycles. The maximum absolute atomic E-state index is 14.1. The molecule has 2 bridgehead atoms. The van der Waals surface area contributed by atoms with Crippen LogP contribution in [0.25, 0.3) is 21.3 Å². The summed E-state index contributed by atoms with van der Waals surface area (Å²) in [5.41, 5.74) is 3.90. The summed E-state index contributed by atoms with van der Waals surface area (Å²) in [4.78, 5) is 115. The number of anilines is 2. The summed E-state index contributed by atoms with van der Waals surface area (Å²) in [5.74, 6) is -5.98. The molecule has 11 rings (SSSR count). The van der Waals surface area contributed by atoms with Crippen LogP contribution in [0.1, 0.15) is 115 Å². The third-order valence-corrected chi connectivity index (χ3v) is 20.3. The fourth-order valence-corrected chi connectivity index (χ4v) is 16.3. The summed E-state index contributed by atoms with van der Waals surface area (Å²) in [7, 11) is 0. The number of aromatic nitrogens is 4. The van der Waals surface area contributed by atoms with Gasteiger partial charge in [-0.15, -0.1) is 0 Å². The Kier molecular flexibility index (Phi) is 22.0. The van der Waals surface area contributed by atoms with Crippen molar-refractivity contribution in [1.82, 2.24) is 34.9 Å². The normalized spacial score (nSPS) is 24.0. The van der Waals surface area contributed by atoms with Crippen LogP contribution in [0.15, 0.2) is 91.1 Å². The number of aliphatic hydroxyl groups excluding tert-OH is 3. The maximum Gasteiger partial charge on any atom is 0.410 e. The minimum Gasteiger partial charge on any atom is -0.491 e. The first-order valence-corrected chi connectivity index (χ1v) is 34.2. The first-order chi connectivity index (χ1) is 47.8. The van der Waals surface area contributed by atoms with Crippen molar-refractivity contribution in [2.45, 2.75) is 135 Å². The molecular formula is C71H83N9O19S. The molecule has 3 fully saturated rings. The number of carbonyl (C=O) groups is 8. The van der Waals surface area contributed by atoms with Crippen molar-refractivity contribution in [3.05, 3.63) is 125 Å². The number of aliphatic hydroxyl groups is 3. The number of benzene rings is 3. The maximum atomic E-state index is 14.1. The van der Waals surface area contributed by atoms with E-state index in [2.05, 4.69) is 36.4 Å². The number of pyridine rings is 1. The lowest BCUT2D eigenvalue weighted by atomic mass is 9.51. The molecule has 6 aromatic rings. The van der Waals surface area contributed by atoms with Crippen LogP contribution in [0.4, 0.5) is 15.7 Å². The van der Waals surface area contributed by atoms with Crippen molar-refractivity contribution in [2.24, 2.45) is 22.7 Å². The molecule has 0 saturated heterocycles. The lowest BCUT2D eigenvalue weighted by Gasteiger charge is -2.58. The van der Waals surface area contributed by atoms with E-state index in [1.54, 1.807) is 18.3 Å². The van der Waals surface area contributed by atoms with Crippen LogP contribution in [-0.4, -0.2) is 197 Å². The van der Waals surface area contributed by atoms with Gasteiger partial charge in [-0.05, 0) is 116 Å². The molecule has 532 valence electrons. The van der Waals surface area contributed by atoms with Gasteiger partial charge in [0.15, 0.2) is 10.8 Å². The molecule has 28 nitrogen and oxygen atoms in total. The van der Waals surface area contributed by atoms with E-state index < -0.39 is 90.7 Å². The summed E-state index contributed by atoms with van der Waals surface area (Å²) >= 11 is 1.39. The Hall–Kier alpha value is -9.39. The Morgan fingerprint density at radius 3 is 2.37 bits per heavy atom. The lowest BCUT2D eigenvalue weighted by molar-refractivity contribution is -0.179. The van der Waals surface area contributed by atoms with Gasteiger partial charge in [0.2, 0.25) is 5.91 Å². The van der Waals surface area contributed by atoms with Gasteiger partial charge in [-0.3, -0.25) is 43.7 Å². The molecular weight excluding hydrogens is 1310 g/mol. The number of hydrogen-bond donors (Lipinski definition) is 8. The summed E-state index contributed by atoms with van der Waals surface area (Å²) in [6.45, 7) is 9.30. The quantitative estimate of drug-likeness (QED) is 0.0180. The molecule has 0 spiro atoms. The predicted molar refractivity (Wildman–Crippen MR) is 362 cm³/mol. The number of carbonyl (C=O) groups excluding carboxylic acids is 5. The van der Waals surface area contributed by atoms with E-state index in [1.807, 2.05) is 59.0 Å². The van der Waals surface area contributed by atoms with Gasteiger partial charge in [0, 0.05) is 105 Å². The monoisotopic (exact) mass is 1400 g/mol. The Bertz CT molecular complexity index is 4070. The topological polar surface area (TPSA) is 381 Å². The number of carboxylic acid groups (broad SMARTS) is 3. The molecule has 5 amide bonds. The van der Waals surface area contributed by atoms with Gasteiger partial charge in [-0.2, -0.15) is 5.10 Å². The van der Waals surface area contributed by atoms with Gasteiger partial charge in [0.05, 0.1) is 60.3 Å². The number of thiazole rings is 1. The summed E-state index contributed by atoms with van der Waals surface area (Å²) < 4.78 is 33.5. The zero-order valence-electron chi connectivity index (χ0n) is 56.0. The number of imide groups is 1. The zero-order valence-corrected chi connectivity index (χ0v) is 56.8. The number of carboxylic acids is 3. The molecule has 3 aliphatic carbocycles. The second kappa shape index (κ2) is 30.6. The number of ether oxygens (including phenoxy) is 5. The highest BCUT2D eigenvalue weighted by Crippen LogP contribution is 2.60. The van der Waals surface area contributed by atoms with Gasteiger partial charge >= 0.3 is 24.0 Å². The van der Waals surface area contributed by atoms with Crippen molar-refractivity contribution in [2.75, 3.05) is 69.4 Å². The van der Waals surface area contributed by atoms with Gasteiger partial charge in [-0.25, -0.2) is 19.6 Å². The van der Waals surface area contributed by atoms with E-state index in [0.717, 1.165) is 69.8 Å². The minimum atomic E-state index is -1.83. The van der Waals surface area contributed by atoms with Gasteiger partial charge in [0.25, 0.3) is 17.7 Å². The Morgan fingerprint density at radius 1 is 0.820 bits per heavy atom. The Balaban J connectivity index is 0.732. The number of amides is 5. The van der Waals surface area contributed by atoms with Gasteiger partial charge in [-0.1, -0.05) is 56.4 Å². The fourth-order valence-electron chi connectivity index (χ4n) is 15.4. The lowest BCUT2D eigenvalue weighted by Crippen LogP contribution is -2.57.